The molecular weight excluding hydrogens is 885 g/mol. The van der Waals surface area contributed by atoms with E-state index in [-0.39, 0.29) is 34.9 Å². The Morgan fingerprint density at radius 3 is 2.34 bits per heavy atom. The highest BCUT2D eigenvalue weighted by Gasteiger charge is 2.59. The van der Waals surface area contributed by atoms with Gasteiger partial charge in [0.1, 0.15) is 30.0 Å². The van der Waals surface area contributed by atoms with Gasteiger partial charge in [0.2, 0.25) is 0 Å². The quantitative estimate of drug-likeness (QED) is 0.121. The molecule has 17 heteroatoms. The van der Waals surface area contributed by atoms with E-state index in [0.717, 1.165) is 29.0 Å². The fraction of sp³-hybridized carbons (Fsp3) is 0.431. The van der Waals surface area contributed by atoms with Gasteiger partial charge < -0.3 is 24.1 Å². The topological polar surface area (TPSA) is 167 Å². The number of nitrogens with zero attached hydrogens (tertiary/aromatic N) is 7. The molecule has 3 aromatic carbocycles. The molecule has 2 aliphatic heterocycles. The second-order valence-corrected chi connectivity index (χ2v) is 23.2. The van der Waals surface area contributed by atoms with Gasteiger partial charge in [0.05, 0.1) is 28.7 Å². The van der Waals surface area contributed by atoms with Gasteiger partial charge in [-0.2, -0.15) is 5.10 Å². The summed E-state index contributed by atoms with van der Waals surface area (Å²) in [4.78, 5) is 47.6. The number of nitrogens with one attached hydrogen (secondary N) is 2. The first-order valence-electron chi connectivity index (χ1n) is 23.7. The van der Waals surface area contributed by atoms with Crippen LogP contribution in [0.5, 0.6) is 0 Å². The van der Waals surface area contributed by atoms with Crippen molar-refractivity contribution >= 4 is 34.9 Å². The van der Waals surface area contributed by atoms with Gasteiger partial charge in [-0.3, -0.25) is 23.4 Å². The van der Waals surface area contributed by atoms with Crippen molar-refractivity contribution in [2.24, 2.45) is 5.92 Å². The number of halogens is 1. The summed E-state index contributed by atoms with van der Waals surface area (Å²) in [6, 6.07) is 16.7. The molecule has 1 aliphatic carbocycles. The number of aromatic amines is 1. The van der Waals surface area contributed by atoms with E-state index >= 15 is 9.18 Å². The minimum Gasteiger partial charge on any atom is -0.387 e. The largest absolute Gasteiger partial charge is 0.438 e. The molecule has 10 rings (SSSR count). The average Bonchev–Trinajstić information content (AvgIpc) is 3.82. The molecule has 68 heavy (non-hydrogen) atoms. The number of carbonyl (C=O) groups excluding carboxylic acids is 1. The van der Waals surface area contributed by atoms with Crippen molar-refractivity contribution in [1.29, 1.82) is 0 Å². The summed E-state index contributed by atoms with van der Waals surface area (Å²) < 4.78 is 47.0. The second kappa shape index (κ2) is 16.5. The maximum absolute atomic E-state index is 15.6. The summed E-state index contributed by atoms with van der Waals surface area (Å²) in [6.07, 6.45) is 7.17. The molecule has 356 valence electrons. The Morgan fingerprint density at radius 2 is 1.69 bits per heavy atom. The number of hydrogen-bond donors (Lipinski definition) is 2. The molecule has 1 amide bonds. The number of carbonyl (C=O) groups is 1. The number of benzene rings is 3. The van der Waals surface area contributed by atoms with E-state index in [4.69, 9.17) is 14.4 Å². The van der Waals surface area contributed by atoms with Gasteiger partial charge in [-0.25, -0.2) is 18.7 Å². The summed E-state index contributed by atoms with van der Waals surface area (Å²) in [5.41, 5.74) is 5.06. The molecule has 0 spiro atoms. The van der Waals surface area contributed by atoms with Gasteiger partial charge in [0, 0.05) is 78.8 Å². The molecule has 4 aromatic heterocycles. The third kappa shape index (κ3) is 7.16. The second-order valence-electron chi connectivity index (χ2n) is 19.7. The van der Waals surface area contributed by atoms with Crippen molar-refractivity contribution in [2.75, 3.05) is 37.8 Å². The van der Waals surface area contributed by atoms with Crippen molar-refractivity contribution in [3.63, 3.8) is 0 Å². The zero-order valence-corrected chi connectivity index (χ0v) is 41.0. The molecule has 7 aromatic rings. The van der Waals surface area contributed by atoms with Gasteiger partial charge in [-0.05, 0) is 131 Å². The van der Waals surface area contributed by atoms with Gasteiger partial charge in [0.25, 0.3) is 5.91 Å². The fourth-order valence-corrected chi connectivity index (χ4v) is 13.3. The van der Waals surface area contributed by atoms with Crippen LogP contribution >= 0.6 is 7.14 Å². The van der Waals surface area contributed by atoms with Crippen molar-refractivity contribution in [3.8, 4) is 17.2 Å². The first-order valence-corrected chi connectivity index (χ1v) is 25.8. The first-order chi connectivity index (χ1) is 32.4. The van der Waals surface area contributed by atoms with E-state index in [0.29, 0.717) is 95.1 Å². The molecule has 3 aliphatic rings. The maximum atomic E-state index is 15.6. The highest BCUT2D eigenvalue weighted by atomic mass is 31.2. The number of aryl methyl sites for hydroxylation is 2. The molecule has 4 atom stereocenters. The van der Waals surface area contributed by atoms with Crippen LogP contribution in [-0.2, 0) is 21.3 Å². The normalized spacial score (nSPS) is 21.3. The van der Waals surface area contributed by atoms with E-state index in [2.05, 4.69) is 54.4 Å². The van der Waals surface area contributed by atoms with Crippen molar-refractivity contribution < 1.29 is 23.0 Å². The summed E-state index contributed by atoms with van der Waals surface area (Å²) >= 11 is 0. The first kappa shape index (κ1) is 45.5. The Balaban J connectivity index is 1.11. The van der Waals surface area contributed by atoms with E-state index in [1.165, 1.54) is 14.7 Å². The molecule has 15 nitrogen and oxygen atoms in total. The lowest BCUT2D eigenvalue weighted by Crippen LogP contribution is -2.41. The van der Waals surface area contributed by atoms with Crippen molar-refractivity contribution in [2.45, 2.75) is 104 Å². The molecule has 1 saturated carbocycles. The average molecular weight is 944 g/mol. The summed E-state index contributed by atoms with van der Waals surface area (Å²) in [7, 11) is -0.875. The number of rotatable bonds is 11. The maximum Gasteiger partial charge on any atom is 0.438 e. The van der Waals surface area contributed by atoms with Crippen LogP contribution in [-0.4, -0.2) is 82.6 Å². The van der Waals surface area contributed by atoms with E-state index in [9.17, 15) is 14.2 Å². The number of imidazole rings is 1. The fourth-order valence-electron chi connectivity index (χ4n) is 11.2. The number of amides is 1. The van der Waals surface area contributed by atoms with Gasteiger partial charge in [-0.1, -0.05) is 32.0 Å². The zero-order valence-electron chi connectivity index (χ0n) is 40.1. The molecular formula is C51H59FN9O6P. The smallest absolute Gasteiger partial charge is 0.387 e. The monoisotopic (exact) mass is 943 g/mol. The van der Waals surface area contributed by atoms with Crippen LogP contribution in [0.4, 0.5) is 10.1 Å². The Hall–Kier alpha value is -6.25. The van der Waals surface area contributed by atoms with Crippen LogP contribution in [0.1, 0.15) is 117 Å². The standard InChI is InChI=1S/C51H59FN9O6P/c1-10-68(65,11-2)42-15-13-36(26-39(42)53-9)58-19-20-59(49(58)64)45-43-32(6)57(18-16-38(43)55-61(45)37-22-29(3)44(52)30(4)23-37)46(62)41-25-35-24-33(34-17-21-66-50(7,8)28-34)12-14-40(35)60(41)51(27-31(51)5)47-54-48(63)67-56-47/h12-15,19-20,22-26,31-32,34,53H,10-11,16-18,21,27-28H2,1-9H3,(H,54,56,63). The predicted octanol–water partition coefficient (Wildman–Crippen LogP) is 8.49. The molecule has 6 heterocycles. The Morgan fingerprint density at radius 1 is 0.971 bits per heavy atom. The lowest BCUT2D eigenvalue weighted by Gasteiger charge is -2.35. The van der Waals surface area contributed by atoms with Gasteiger partial charge >= 0.3 is 11.4 Å². The van der Waals surface area contributed by atoms with Crippen LogP contribution < -0.4 is 22.1 Å². The summed E-state index contributed by atoms with van der Waals surface area (Å²) in [5.74, 6) is -0.129. The SMILES string of the molecule is CCP(=O)(CC)c1ccc(-n2ccn(-c3c4c(nn3-c3cc(C)c(F)c(C)c3)CCN(C(=O)c3cc5cc(C6CCOC(C)(C)C6)ccc5n3C3(c5noc(=O)[nH]5)CC3C)C4C)c2=O)cc1NC. The minimum absolute atomic E-state index is 0.0123. The van der Waals surface area contributed by atoms with Crippen LogP contribution in [0.25, 0.3) is 28.1 Å². The predicted molar refractivity (Wildman–Crippen MR) is 261 cm³/mol. The molecule has 4 unspecified atom stereocenters. The molecule has 2 fully saturated rings. The number of fused-ring (bicyclic) bond motifs is 2. The third-order valence-electron chi connectivity index (χ3n) is 15.1. The Kier molecular flexibility index (Phi) is 11.0. The Labute approximate surface area is 393 Å². The highest BCUT2D eigenvalue weighted by molar-refractivity contribution is 7.71. The highest BCUT2D eigenvalue weighted by Crippen LogP contribution is 2.56. The molecule has 2 N–H and O–H groups in total. The lowest BCUT2D eigenvalue weighted by molar-refractivity contribution is -0.0592. The molecule has 0 radical (unpaired) electrons. The van der Waals surface area contributed by atoms with Crippen LogP contribution in [0.3, 0.4) is 0 Å². The van der Waals surface area contributed by atoms with E-state index < -0.39 is 24.5 Å². The number of anilines is 1. The van der Waals surface area contributed by atoms with E-state index in [1.54, 1.807) is 50.1 Å². The summed E-state index contributed by atoms with van der Waals surface area (Å²) in [5, 5.41) is 14.2. The summed E-state index contributed by atoms with van der Waals surface area (Å²) in [6.45, 7) is 16.5. The lowest BCUT2D eigenvalue weighted by atomic mass is 9.83. The van der Waals surface area contributed by atoms with Gasteiger partial charge in [0.15, 0.2) is 5.82 Å². The minimum atomic E-state index is -2.66. The third-order valence-corrected chi connectivity index (χ3v) is 18.4. The number of ether oxygens (including phenoxy) is 1. The molecule has 0 bridgehead atoms. The molecule has 1 saturated heterocycles. The zero-order chi connectivity index (χ0) is 48.2. The number of aromatic nitrogens is 7. The van der Waals surface area contributed by atoms with Crippen molar-refractivity contribution in [1.82, 2.24) is 38.5 Å². The number of H-pyrrole nitrogens is 1. The Bertz CT molecular complexity index is 3300. The van der Waals surface area contributed by atoms with Crippen LogP contribution in [0.15, 0.2) is 81.1 Å². The van der Waals surface area contributed by atoms with E-state index in [1.807, 2.05) is 54.5 Å². The van der Waals surface area contributed by atoms with Crippen LogP contribution in [0, 0.1) is 25.6 Å². The number of hydrogen-bond acceptors (Lipinski definition) is 9. The van der Waals surface area contributed by atoms with Crippen LogP contribution in [0.2, 0.25) is 0 Å². The van der Waals surface area contributed by atoms with Gasteiger partial charge in [-0.15, -0.1) is 0 Å². The van der Waals surface area contributed by atoms with Crippen molar-refractivity contribution in [3.05, 3.63) is 133 Å².